The lowest BCUT2D eigenvalue weighted by Gasteiger charge is -2.25. The van der Waals surface area contributed by atoms with Crippen LogP contribution in [0.1, 0.15) is 35.6 Å². The molecular weight excluding hydrogens is 290 g/mol. The molecule has 1 aliphatic heterocycles. The summed E-state index contributed by atoms with van der Waals surface area (Å²) < 4.78 is 10.9. The van der Waals surface area contributed by atoms with Gasteiger partial charge in [0.25, 0.3) is 0 Å². The van der Waals surface area contributed by atoms with Crippen LogP contribution in [0, 0.1) is 0 Å². The Morgan fingerprint density at radius 1 is 1.09 bits per heavy atom. The van der Waals surface area contributed by atoms with Crippen LogP contribution in [-0.2, 0) is 17.6 Å². The van der Waals surface area contributed by atoms with E-state index in [4.69, 9.17) is 15.2 Å². The summed E-state index contributed by atoms with van der Waals surface area (Å²) in [5.41, 5.74) is 11.1. The van der Waals surface area contributed by atoms with Gasteiger partial charge in [-0.15, -0.1) is 0 Å². The van der Waals surface area contributed by atoms with Crippen molar-refractivity contribution in [2.24, 2.45) is 5.73 Å². The number of primary amides is 1. The fourth-order valence-corrected chi connectivity index (χ4v) is 3.56. The number of hydrogen-bond acceptors (Lipinski definition) is 3. The molecule has 2 N–H and O–H groups in total. The van der Waals surface area contributed by atoms with Crippen LogP contribution in [0.15, 0.2) is 36.4 Å². The first-order chi connectivity index (χ1) is 11.2. The molecule has 2 aliphatic rings. The van der Waals surface area contributed by atoms with Crippen LogP contribution >= 0.6 is 0 Å². The first-order valence-corrected chi connectivity index (χ1v) is 8.06. The van der Waals surface area contributed by atoms with Gasteiger partial charge in [0, 0.05) is 6.42 Å². The second kappa shape index (κ2) is 5.61. The first-order valence-electron chi connectivity index (χ1n) is 8.06. The summed E-state index contributed by atoms with van der Waals surface area (Å²) in [5, 5.41) is 0. The number of rotatable bonds is 2. The van der Waals surface area contributed by atoms with Crippen LogP contribution in [0.3, 0.4) is 0 Å². The summed E-state index contributed by atoms with van der Waals surface area (Å²) in [5.74, 6) is 0.996. The molecule has 0 bridgehead atoms. The third kappa shape index (κ3) is 2.65. The van der Waals surface area contributed by atoms with E-state index in [1.54, 1.807) is 0 Å². The van der Waals surface area contributed by atoms with Crippen LogP contribution in [0.25, 0.3) is 11.1 Å². The number of carbonyl (C=O) groups is 1. The van der Waals surface area contributed by atoms with Crippen molar-refractivity contribution in [3.05, 3.63) is 53.1 Å². The lowest BCUT2D eigenvalue weighted by molar-refractivity contribution is 0.0959. The molecule has 0 radical (unpaired) electrons. The van der Waals surface area contributed by atoms with Gasteiger partial charge in [-0.3, -0.25) is 0 Å². The van der Waals surface area contributed by atoms with E-state index in [9.17, 15) is 4.79 Å². The molecule has 1 unspecified atom stereocenters. The van der Waals surface area contributed by atoms with Gasteiger partial charge in [0.2, 0.25) is 0 Å². The average molecular weight is 309 g/mol. The molecule has 0 saturated carbocycles. The van der Waals surface area contributed by atoms with Crippen molar-refractivity contribution < 1.29 is 14.3 Å². The topological polar surface area (TPSA) is 61.6 Å². The van der Waals surface area contributed by atoms with E-state index < -0.39 is 6.09 Å². The Morgan fingerprint density at radius 2 is 1.91 bits per heavy atom. The number of nitrogens with two attached hydrogens (primary N) is 1. The highest BCUT2D eigenvalue weighted by Crippen LogP contribution is 2.36. The molecule has 1 heterocycles. The van der Waals surface area contributed by atoms with Gasteiger partial charge in [0.15, 0.2) is 0 Å². The van der Waals surface area contributed by atoms with Crippen LogP contribution in [0.4, 0.5) is 4.79 Å². The van der Waals surface area contributed by atoms with Crippen molar-refractivity contribution >= 4 is 6.09 Å². The summed E-state index contributed by atoms with van der Waals surface area (Å²) >= 11 is 0. The normalized spacial score (nSPS) is 18.7. The molecule has 118 valence electrons. The van der Waals surface area contributed by atoms with Gasteiger partial charge in [0.05, 0.1) is 6.61 Å². The standard InChI is InChI=1S/C19H19NO3/c20-19(21)23-17-3-1-2-15-10-13(6-7-16(15)17)14-5-4-12-8-9-22-18(12)11-14/h4-7,10-11,17H,1-3,8-9H2,(H2,20,21). The Labute approximate surface area is 135 Å². The minimum atomic E-state index is -0.706. The monoisotopic (exact) mass is 309 g/mol. The highest BCUT2D eigenvalue weighted by Gasteiger charge is 2.23. The Hall–Kier alpha value is -2.49. The van der Waals surface area contributed by atoms with Crippen LogP contribution < -0.4 is 10.5 Å². The van der Waals surface area contributed by atoms with E-state index in [2.05, 4.69) is 36.4 Å². The van der Waals surface area contributed by atoms with Gasteiger partial charge in [-0.2, -0.15) is 0 Å². The summed E-state index contributed by atoms with van der Waals surface area (Å²) in [6, 6.07) is 12.8. The maximum atomic E-state index is 11.1. The zero-order valence-electron chi connectivity index (χ0n) is 12.9. The number of carbonyl (C=O) groups excluding carboxylic acids is 1. The summed E-state index contributed by atoms with van der Waals surface area (Å²) in [6.45, 7) is 0.773. The molecule has 4 rings (SSSR count). The molecular formula is C19H19NO3. The summed E-state index contributed by atoms with van der Waals surface area (Å²) in [6.07, 6.45) is 2.91. The quantitative estimate of drug-likeness (QED) is 0.918. The van der Waals surface area contributed by atoms with Crippen molar-refractivity contribution in [1.29, 1.82) is 0 Å². The van der Waals surface area contributed by atoms with Crippen LogP contribution in [0.2, 0.25) is 0 Å². The van der Waals surface area contributed by atoms with Crippen LogP contribution in [0.5, 0.6) is 5.75 Å². The van der Waals surface area contributed by atoms with Crippen molar-refractivity contribution in [3.8, 4) is 16.9 Å². The molecule has 4 nitrogen and oxygen atoms in total. The van der Waals surface area contributed by atoms with Crippen molar-refractivity contribution in [3.63, 3.8) is 0 Å². The maximum absolute atomic E-state index is 11.1. The van der Waals surface area contributed by atoms with Gasteiger partial charge >= 0.3 is 6.09 Å². The number of benzene rings is 2. The zero-order valence-corrected chi connectivity index (χ0v) is 12.9. The van der Waals surface area contributed by atoms with Gasteiger partial charge < -0.3 is 15.2 Å². The molecule has 2 aromatic rings. The SMILES string of the molecule is NC(=O)OC1CCCc2cc(-c3ccc4c(c3)OCC4)ccc21. The molecule has 0 spiro atoms. The average Bonchev–Trinajstić information content (AvgIpc) is 3.01. The van der Waals surface area contributed by atoms with E-state index >= 15 is 0 Å². The Morgan fingerprint density at radius 3 is 2.78 bits per heavy atom. The minimum absolute atomic E-state index is 0.214. The van der Waals surface area contributed by atoms with Gasteiger partial charge in [-0.1, -0.05) is 30.3 Å². The second-order valence-corrected chi connectivity index (χ2v) is 6.15. The van der Waals surface area contributed by atoms with Crippen molar-refractivity contribution in [2.75, 3.05) is 6.61 Å². The highest BCUT2D eigenvalue weighted by atomic mass is 16.6. The Balaban J connectivity index is 1.68. The fourth-order valence-electron chi connectivity index (χ4n) is 3.56. The Bertz CT molecular complexity index is 769. The molecule has 2 aromatic carbocycles. The molecule has 23 heavy (non-hydrogen) atoms. The van der Waals surface area contributed by atoms with Gasteiger partial charge in [-0.05, 0) is 53.1 Å². The summed E-state index contributed by atoms with van der Waals surface area (Å²) in [4.78, 5) is 11.1. The summed E-state index contributed by atoms with van der Waals surface area (Å²) in [7, 11) is 0. The largest absolute Gasteiger partial charge is 0.493 e. The van der Waals surface area contributed by atoms with Gasteiger partial charge in [0.1, 0.15) is 11.9 Å². The van der Waals surface area contributed by atoms with Crippen molar-refractivity contribution in [1.82, 2.24) is 0 Å². The van der Waals surface area contributed by atoms with Crippen molar-refractivity contribution in [2.45, 2.75) is 31.8 Å². The highest BCUT2D eigenvalue weighted by molar-refractivity contribution is 5.69. The van der Waals surface area contributed by atoms with E-state index in [1.807, 2.05) is 0 Å². The second-order valence-electron chi connectivity index (χ2n) is 6.15. The number of ether oxygens (including phenoxy) is 2. The van der Waals surface area contributed by atoms with E-state index in [-0.39, 0.29) is 6.10 Å². The molecule has 0 saturated heterocycles. The van der Waals surface area contributed by atoms with E-state index in [1.165, 1.54) is 16.7 Å². The number of hydrogen-bond donors (Lipinski definition) is 1. The zero-order chi connectivity index (χ0) is 15.8. The Kier molecular flexibility index (Phi) is 3.45. The van der Waals surface area contributed by atoms with Crippen LogP contribution in [-0.4, -0.2) is 12.7 Å². The minimum Gasteiger partial charge on any atom is -0.493 e. The van der Waals surface area contributed by atoms with E-state index in [0.29, 0.717) is 0 Å². The molecule has 1 atom stereocenters. The lowest BCUT2D eigenvalue weighted by atomic mass is 9.87. The molecule has 0 aromatic heterocycles. The maximum Gasteiger partial charge on any atom is 0.405 e. The number of aryl methyl sites for hydroxylation is 1. The number of fused-ring (bicyclic) bond motifs is 2. The van der Waals surface area contributed by atoms with E-state index in [0.717, 1.165) is 49.2 Å². The third-order valence-corrected chi connectivity index (χ3v) is 4.69. The molecule has 1 amide bonds. The third-order valence-electron chi connectivity index (χ3n) is 4.69. The lowest BCUT2D eigenvalue weighted by Crippen LogP contribution is -2.20. The predicted octanol–water partition coefficient (Wildman–Crippen LogP) is 3.76. The first kappa shape index (κ1) is 14.1. The van der Waals surface area contributed by atoms with Gasteiger partial charge in [-0.25, -0.2) is 4.79 Å². The molecule has 0 fully saturated rings. The fraction of sp³-hybridized carbons (Fsp3) is 0.316. The molecule has 1 aliphatic carbocycles. The smallest absolute Gasteiger partial charge is 0.405 e. The predicted molar refractivity (Wildman–Crippen MR) is 87.4 cm³/mol. The molecule has 4 heteroatoms. The number of amides is 1.